The third-order valence-corrected chi connectivity index (χ3v) is 7.57. The van der Waals surface area contributed by atoms with Gasteiger partial charge in [0.1, 0.15) is 24.2 Å². The summed E-state index contributed by atoms with van der Waals surface area (Å²) in [5, 5.41) is 3.07. The summed E-state index contributed by atoms with van der Waals surface area (Å²) >= 11 is 0. The number of likely N-dealkylation sites (tertiary alicyclic amines) is 1. The molecule has 208 valence electrons. The number of benzene rings is 1. The summed E-state index contributed by atoms with van der Waals surface area (Å²) in [6.07, 6.45) is 8.73. The van der Waals surface area contributed by atoms with E-state index in [2.05, 4.69) is 20.2 Å². The molecule has 1 aromatic carbocycles. The molecule has 10 heteroatoms. The highest BCUT2D eigenvalue weighted by Gasteiger charge is 2.28. The van der Waals surface area contributed by atoms with Crippen molar-refractivity contribution in [1.82, 2.24) is 24.8 Å². The number of amides is 1. The van der Waals surface area contributed by atoms with Gasteiger partial charge in [0.05, 0.1) is 18.7 Å². The molecule has 1 aliphatic heterocycles. The summed E-state index contributed by atoms with van der Waals surface area (Å²) in [7, 11) is 1.36. The lowest BCUT2D eigenvalue weighted by atomic mass is 10.0. The van der Waals surface area contributed by atoms with E-state index in [0.29, 0.717) is 17.4 Å². The molecule has 1 aliphatic carbocycles. The lowest BCUT2D eigenvalue weighted by Crippen LogP contribution is -2.43. The van der Waals surface area contributed by atoms with Gasteiger partial charge in [0.2, 0.25) is 5.91 Å². The van der Waals surface area contributed by atoms with Gasteiger partial charge in [0, 0.05) is 30.7 Å². The Morgan fingerprint density at radius 3 is 2.59 bits per heavy atom. The summed E-state index contributed by atoms with van der Waals surface area (Å²) in [6.45, 7) is 5.47. The number of carbonyl (C=O) groups is 1. The maximum Gasteiger partial charge on any atom is 0.263 e. The second-order valence-corrected chi connectivity index (χ2v) is 10.7. The van der Waals surface area contributed by atoms with Crippen molar-refractivity contribution >= 4 is 16.9 Å². The molecular weight excluding hydrogens is 501 g/mol. The molecule has 0 radical (unpaired) electrons. The first-order chi connectivity index (χ1) is 18.8. The first-order valence-corrected chi connectivity index (χ1v) is 13.8. The fourth-order valence-electron chi connectivity index (χ4n) is 5.65. The maximum absolute atomic E-state index is 14.1. The largest absolute Gasteiger partial charge is 0.494 e. The van der Waals surface area contributed by atoms with Crippen molar-refractivity contribution in [2.45, 2.75) is 77.1 Å². The van der Waals surface area contributed by atoms with Crippen LogP contribution in [0.2, 0.25) is 0 Å². The van der Waals surface area contributed by atoms with Gasteiger partial charge in [-0.05, 0) is 63.8 Å². The van der Waals surface area contributed by atoms with Gasteiger partial charge in [0.25, 0.3) is 5.56 Å². The molecule has 0 spiro atoms. The smallest absolute Gasteiger partial charge is 0.263 e. The van der Waals surface area contributed by atoms with E-state index in [0.717, 1.165) is 25.9 Å². The Morgan fingerprint density at radius 2 is 1.90 bits per heavy atom. The topological polar surface area (TPSA) is 98.6 Å². The zero-order valence-electron chi connectivity index (χ0n) is 22.8. The fourth-order valence-corrected chi connectivity index (χ4v) is 5.65. The predicted molar refractivity (Wildman–Crippen MR) is 147 cm³/mol. The predicted octanol–water partition coefficient (Wildman–Crippen LogP) is 3.92. The Morgan fingerprint density at radius 1 is 1.15 bits per heavy atom. The van der Waals surface area contributed by atoms with Gasteiger partial charge < -0.3 is 19.7 Å². The van der Waals surface area contributed by atoms with E-state index >= 15 is 0 Å². The Kier molecular flexibility index (Phi) is 8.11. The Labute approximate surface area is 227 Å². The first-order valence-electron chi connectivity index (χ1n) is 13.8. The standard InChI is InChI=1S/C29H36FN5O4/c1-18(2)32-26(36)17-35-28(19-8-9-24(30)25(14-19)38-3)33-27-23(29(35)37)15-22(16-31-27)39-21-10-12-34(13-11-21)20-6-4-5-7-20/h8-9,14-16,18,20-21H,4-7,10-13,17H2,1-3H3,(H,32,36). The number of halogens is 1. The summed E-state index contributed by atoms with van der Waals surface area (Å²) in [4.78, 5) is 38.1. The number of hydrogen-bond acceptors (Lipinski definition) is 7. The molecule has 3 aromatic rings. The number of fused-ring (bicyclic) bond motifs is 1. The third-order valence-electron chi connectivity index (χ3n) is 7.57. The monoisotopic (exact) mass is 537 g/mol. The number of piperidine rings is 1. The van der Waals surface area contributed by atoms with Gasteiger partial charge in [-0.25, -0.2) is 14.4 Å². The minimum absolute atomic E-state index is 0.00992. The number of ether oxygens (including phenoxy) is 2. The van der Waals surface area contributed by atoms with Crippen LogP contribution < -0.4 is 20.3 Å². The molecule has 2 aliphatic rings. The number of methoxy groups -OCH3 is 1. The lowest BCUT2D eigenvalue weighted by molar-refractivity contribution is -0.122. The third kappa shape index (κ3) is 6.06. The Balaban J connectivity index is 1.44. The number of rotatable bonds is 8. The van der Waals surface area contributed by atoms with Crippen LogP contribution in [0.25, 0.3) is 22.4 Å². The van der Waals surface area contributed by atoms with Crippen molar-refractivity contribution in [3.05, 3.63) is 46.6 Å². The van der Waals surface area contributed by atoms with Gasteiger partial charge in [-0.1, -0.05) is 12.8 Å². The van der Waals surface area contributed by atoms with Crippen molar-refractivity contribution in [3.63, 3.8) is 0 Å². The second kappa shape index (κ2) is 11.7. The number of aromatic nitrogens is 3. The molecule has 0 bridgehead atoms. The fraction of sp³-hybridized carbons (Fsp3) is 0.517. The van der Waals surface area contributed by atoms with Crippen LogP contribution in [0.5, 0.6) is 11.5 Å². The molecule has 1 N–H and O–H groups in total. The van der Waals surface area contributed by atoms with Crippen LogP contribution >= 0.6 is 0 Å². The normalized spacial score (nSPS) is 17.2. The van der Waals surface area contributed by atoms with Crippen LogP contribution in [0.15, 0.2) is 35.3 Å². The molecule has 1 saturated heterocycles. The van der Waals surface area contributed by atoms with Crippen LogP contribution in [-0.2, 0) is 11.3 Å². The van der Waals surface area contributed by atoms with Gasteiger partial charge in [-0.2, -0.15) is 0 Å². The Bertz CT molecular complexity index is 1390. The zero-order valence-corrected chi connectivity index (χ0v) is 22.8. The highest BCUT2D eigenvalue weighted by atomic mass is 19.1. The molecule has 5 rings (SSSR count). The van der Waals surface area contributed by atoms with Crippen molar-refractivity contribution in [2.75, 3.05) is 20.2 Å². The minimum Gasteiger partial charge on any atom is -0.494 e. The van der Waals surface area contributed by atoms with Crippen LogP contribution in [0.1, 0.15) is 52.4 Å². The van der Waals surface area contributed by atoms with E-state index in [1.807, 2.05) is 13.8 Å². The second-order valence-electron chi connectivity index (χ2n) is 10.7. The van der Waals surface area contributed by atoms with Gasteiger partial charge in [0.15, 0.2) is 17.2 Å². The number of nitrogens with zero attached hydrogens (tertiary/aromatic N) is 4. The molecule has 39 heavy (non-hydrogen) atoms. The van der Waals surface area contributed by atoms with E-state index in [4.69, 9.17) is 9.47 Å². The van der Waals surface area contributed by atoms with E-state index < -0.39 is 11.4 Å². The molecule has 1 saturated carbocycles. The zero-order chi connectivity index (χ0) is 27.5. The molecule has 0 unspecified atom stereocenters. The van der Waals surface area contributed by atoms with Gasteiger partial charge in [-0.3, -0.25) is 14.2 Å². The Hall–Kier alpha value is -3.53. The summed E-state index contributed by atoms with van der Waals surface area (Å²) in [5.74, 6) is -0.156. The molecule has 0 atom stereocenters. The van der Waals surface area contributed by atoms with Crippen molar-refractivity contribution < 1.29 is 18.7 Å². The van der Waals surface area contributed by atoms with E-state index in [-0.39, 0.29) is 47.2 Å². The summed E-state index contributed by atoms with van der Waals surface area (Å²) < 4.78 is 26.8. The molecule has 9 nitrogen and oxygen atoms in total. The van der Waals surface area contributed by atoms with Crippen LogP contribution in [-0.4, -0.2) is 63.7 Å². The molecule has 2 aromatic heterocycles. The van der Waals surface area contributed by atoms with Crippen LogP contribution in [0.4, 0.5) is 4.39 Å². The van der Waals surface area contributed by atoms with E-state index in [9.17, 15) is 14.0 Å². The maximum atomic E-state index is 14.1. The molecule has 1 amide bonds. The molecule has 3 heterocycles. The lowest BCUT2D eigenvalue weighted by Gasteiger charge is -2.35. The average Bonchev–Trinajstić information content (AvgIpc) is 3.46. The van der Waals surface area contributed by atoms with Gasteiger partial charge in [-0.15, -0.1) is 0 Å². The number of pyridine rings is 1. The number of carbonyl (C=O) groups excluding carboxylic acids is 1. The quantitative estimate of drug-likeness (QED) is 0.465. The van der Waals surface area contributed by atoms with E-state index in [1.165, 1.54) is 55.6 Å². The SMILES string of the molecule is COc1cc(-c2nc3ncc(OC4CCN(C5CCCC5)CC4)cc3c(=O)n2CC(=O)NC(C)C)ccc1F. The first kappa shape index (κ1) is 27.1. The highest BCUT2D eigenvalue weighted by Crippen LogP contribution is 2.29. The number of nitrogens with one attached hydrogen (secondary N) is 1. The van der Waals surface area contributed by atoms with Crippen molar-refractivity contribution in [1.29, 1.82) is 0 Å². The number of hydrogen-bond donors (Lipinski definition) is 1. The van der Waals surface area contributed by atoms with Crippen LogP contribution in [0.3, 0.4) is 0 Å². The van der Waals surface area contributed by atoms with Gasteiger partial charge >= 0.3 is 0 Å². The average molecular weight is 538 g/mol. The van der Waals surface area contributed by atoms with E-state index in [1.54, 1.807) is 12.3 Å². The molecule has 2 fully saturated rings. The van der Waals surface area contributed by atoms with Crippen LogP contribution in [0, 0.1) is 5.82 Å². The van der Waals surface area contributed by atoms with Crippen molar-refractivity contribution in [2.24, 2.45) is 0 Å². The molecular formula is C29H36FN5O4. The minimum atomic E-state index is -0.539. The summed E-state index contributed by atoms with van der Waals surface area (Å²) in [6, 6.07) is 6.46. The summed E-state index contributed by atoms with van der Waals surface area (Å²) in [5.41, 5.74) is 0.231. The highest BCUT2D eigenvalue weighted by molar-refractivity contribution is 5.80. The van der Waals surface area contributed by atoms with Crippen molar-refractivity contribution in [3.8, 4) is 22.9 Å².